The van der Waals surface area contributed by atoms with Crippen molar-refractivity contribution in [3.63, 3.8) is 0 Å². The van der Waals surface area contributed by atoms with E-state index in [0.29, 0.717) is 19.1 Å². The molecule has 3 rings (SSSR count). The average molecular weight is 424 g/mol. The lowest BCUT2D eigenvalue weighted by atomic mass is 10.1. The van der Waals surface area contributed by atoms with Crippen LogP contribution in [0.2, 0.25) is 0 Å². The fourth-order valence-corrected chi connectivity index (χ4v) is 3.77. The summed E-state index contributed by atoms with van der Waals surface area (Å²) in [6, 6.07) is 20.7. The van der Waals surface area contributed by atoms with Crippen molar-refractivity contribution in [3.05, 3.63) is 71.8 Å². The highest BCUT2D eigenvalue weighted by molar-refractivity contribution is 5.80. The largest absolute Gasteiger partial charge is 0.377 e. The number of aliphatic imine (C=N–C) groups is 1. The van der Waals surface area contributed by atoms with Crippen LogP contribution in [0.15, 0.2) is 65.7 Å². The lowest BCUT2D eigenvalue weighted by Crippen LogP contribution is -2.40. The molecule has 1 unspecified atom stereocenters. The highest BCUT2D eigenvalue weighted by Crippen LogP contribution is 2.17. The van der Waals surface area contributed by atoms with Crippen LogP contribution in [0.4, 0.5) is 0 Å². The summed E-state index contributed by atoms with van der Waals surface area (Å²) in [7, 11) is 0. The first-order valence-corrected chi connectivity index (χ1v) is 11.6. The molecule has 0 saturated carbocycles. The summed E-state index contributed by atoms with van der Waals surface area (Å²) in [4.78, 5) is 7.23. The zero-order chi connectivity index (χ0) is 21.6. The predicted octanol–water partition coefficient (Wildman–Crippen LogP) is 4.49. The van der Waals surface area contributed by atoms with Crippen molar-refractivity contribution in [2.24, 2.45) is 10.9 Å². The second-order valence-corrected chi connectivity index (χ2v) is 8.08. The number of nitrogens with one attached hydrogen (secondary N) is 1. The van der Waals surface area contributed by atoms with Crippen LogP contribution in [-0.2, 0) is 22.7 Å². The highest BCUT2D eigenvalue weighted by atomic mass is 16.5. The molecule has 1 fully saturated rings. The normalized spacial score (nSPS) is 16.6. The van der Waals surface area contributed by atoms with Crippen LogP contribution in [0.5, 0.6) is 0 Å². The molecule has 2 aromatic rings. The molecule has 1 atom stereocenters. The number of likely N-dealkylation sites (tertiary alicyclic amines) is 1. The maximum absolute atomic E-state index is 5.96. The smallest absolute Gasteiger partial charge is 0.193 e. The van der Waals surface area contributed by atoms with Crippen LogP contribution in [0.3, 0.4) is 0 Å². The van der Waals surface area contributed by atoms with E-state index < -0.39 is 0 Å². The molecule has 0 aliphatic carbocycles. The van der Waals surface area contributed by atoms with Gasteiger partial charge in [-0.1, -0.05) is 60.7 Å². The molecule has 2 aromatic carbocycles. The Balaban J connectivity index is 1.31. The van der Waals surface area contributed by atoms with Gasteiger partial charge in [0.05, 0.1) is 19.8 Å². The number of nitrogens with zero attached hydrogens (tertiary/aromatic N) is 2. The highest BCUT2D eigenvalue weighted by Gasteiger charge is 2.24. The van der Waals surface area contributed by atoms with Gasteiger partial charge in [0.1, 0.15) is 0 Å². The Morgan fingerprint density at radius 3 is 2.32 bits per heavy atom. The Labute approximate surface area is 187 Å². The Kier molecular flexibility index (Phi) is 10.4. The van der Waals surface area contributed by atoms with Crippen LogP contribution < -0.4 is 5.32 Å². The van der Waals surface area contributed by atoms with Crippen molar-refractivity contribution in [1.82, 2.24) is 10.2 Å². The van der Waals surface area contributed by atoms with Crippen molar-refractivity contribution in [1.29, 1.82) is 0 Å². The molecule has 1 aliphatic rings. The zero-order valence-electron chi connectivity index (χ0n) is 18.8. The van der Waals surface area contributed by atoms with E-state index in [-0.39, 0.29) is 0 Å². The molecular formula is C26H37N3O2. The summed E-state index contributed by atoms with van der Waals surface area (Å²) < 4.78 is 11.7. The molecule has 5 heteroatoms. The predicted molar refractivity (Wildman–Crippen MR) is 127 cm³/mol. The van der Waals surface area contributed by atoms with Crippen LogP contribution in [0, 0.1) is 5.92 Å². The van der Waals surface area contributed by atoms with Crippen molar-refractivity contribution in [2.75, 3.05) is 39.4 Å². The number of unbranched alkanes of at least 4 members (excludes halogenated alkanes) is 1. The Morgan fingerprint density at radius 1 is 0.968 bits per heavy atom. The fraction of sp³-hybridized carbons (Fsp3) is 0.500. The minimum absolute atomic E-state index is 0.568. The fourth-order valence-electron chi connectivity index (χ4n) is 3.77. The number of hydrogen-bond acceptors (Lipinski definition) is 3. The van der Waals surface area contributed by atoms with E-state index in [1.165, 1.54) is 11.1 Å². The third-order valence-electron chi connectivity index (χ3n) is 5.46. The minimum Gasteiger partial charge on any atom is -0.377 e. The monoisotopic (exact) mass is 423 g/mol. The van der Waals surface area contributed by atoms with Crippen molar-refractivity contribution < 1.29 is 9.47 Å². The molecule has 31 heavy (non-hydrogen) atoms. The number of rotatable bonds is 12. The zero-order valence-corrected chi connectivity index (χ0v) is 18.8. The summed E-state index contributed by atoms with van der Waals surface area (Å²) in [5.41, 5.74) is 2.46. The van der Waals surface area contributed by atoms with Gasteiger partial charge in [0.25, 0.3) is 0 Å². The molecule has 0 aromatic heterocycles. The van der Waals surface area contributed by atoms with Gasteiger partial charge in [-0.2, -0.15) is 0 Å². The van der Waals surface area contributed by atoms with Gasteiger partial charge in [-0.05, 0) is 37.3 Å². The summed E-state index contributed by atoms with van der Waals surface area (Å²) in [6.07, 6.45) is 3.24. The molecular weight excluding hydrogens is 386 g/mol. The Hall–Kier alpha value is -2.37. The standard InChI is InChI=1S/C26H37N3O2/c1-2-27-26(28-16-9-10-18-30-20-23-11-5-3-6-12-23)29-17-15-25(19-29)22-31-21-24-13-7-4-8-14-24/h3-8,11-14,25H,2,9-10,15-22H2,1H3,(H,27,28). The number of hydrogen-bond donors (Lipinski definition) is 1. The molecule has 1 aliphatic heterocycles. The first-order valence-electron chi connectivity index (χ1n) is 11.6. The lowest BCUT2D eigenvalue weighted by molar-refractivity contribution is 0.0906. The van der Waals surface area contributed by atoms with Gasteiger partial charge in [0.2, 0.25) is 0 Å². The molecule has 0 radical (unpaired) electrons. The molecule has 0 amide bonds. The van der Waals surface area contributed by atoms with Crippen molar-refractivity contribution >= 4 is 5.96 Å². The minimum atomic E-state index is 0.568. The van der Waals surface area contributed by atoms with E-state index >= 15 is 0 Å². The van der Waals surface area contributed by atoms with Crippen molar-refractivity contribution in [2.45, 2.75) is 39.4 Å². The number of guanidine groups is 1. The SMILES string of the molecule is CCNC(=NCCCCOCc1ccccc1)N1CCC(COCc2ccccc2)C1. The Bertz CT molecular complexity index is 752. The van der Waals surface area contributed by atoms with Gasteiger partial charge < -0.3 is 19.7 Å². The van der Waals surface area contributed by atoms with E-state index in [4.69, 9.17) is 14.5 Å². The summed E-state index contributed by atoms with van der Waals surface area (Å²) >= 11 is 0. The number of benzene rings is 2. The van der Waals surface area contributed by atoms with Crippen LogP contribution >= 0.6 is 0 Å². The third kappa shape index (κ3) is 8.72. The van der Waals surface area contributed by atoms with Crippen molar-refractivity contribution in [3.8, 4) is 0 Å². The van der Waals surface area contributed by atoms with Gasteiger partial charge in [-0.3, -0.25) is 4.99 Å². The van der Waals surface area contributed by atoms with E-state index in [0.717, 1.165) is 64.6 Å². The van der Waals surface area contributed by atoms with Gasteiger partial charge in [-0.15, -0.1) is 0 Å². The topological polar surface area (TPSA) is 46.1 Å². The molecule has 1 saturated heterocycles. The molecule has 0 spiro atoms. The maximum atomic E-state index is 5.96. The van der Waals surface area contributed by atoms with Gasteiger partial charge in [0.15, 0.2) is 5.96 Å². The van der Waals surface area contributed by atoms with Gasteiger partial charge >= 0.3 is 0 Å². The Morgan fingerprint density at radius 2 is 1.65 bits per heavy atom. The quantitative estimate of drug-likeness (QED) is 0.310. The molecule has 0 bridgehead atoms. The van der Waals surface area contributed by atoms with Gasteiger partial charge in [-0.25, -0.2) is 0 Å². The molecule has 5 nitrogen and oxygen atoms in total. The van der Waals surface area contributed by atoms with E-state index in [1.807, 2.05) is 24.3 Å². The van der Waals surface area contributed by atoms with E-state index in [9.17, 15) is 0 Å². The first-order chi connectivity index (χ1) is 15.3. The van der Waals surface area contributed by atoms with E-state index in [2.05, 4.69) is 53.5 Å². The van der Waals surface area contributed by atoms with E-state index in [1.54, 1.807) is 0 Å². The molecule has 1 N–H and O–H groups in total. The summed E-state index contributed by atoms with van der Waals surface area (Å²) in [5.74, 6) is 1.61. The van der Waals surface area contributed by atoms with Gasteiger partial charge in [0, 0.05) is 38.7 Å². The third-order valence-corrected chi connectivity index (χ3v) is 5.46. The summed E-state index contributed by atoms with van der Waals surface area (Å²) in [5, 5.41) is 3.45. The lowest BCUT2D eigenvalue weighted by Gasteiger charge is -2.21. The molecule has 1 heterocycles. The maximum Gasteiger partial charge on any atom is 0.193 e. The van der Waals surface area contributed by atoms with Crippen LogP contribution in [-0.4, -0.2) is 50.3 Å². The second kappa shape index (κ2) is 13.8. The van der Waals surface area contributed by atoms with Crippen LogP contribution in [0.1, 0.15) is 37.3 Å². The second-order valence-electron chi connectivity index (χ2n) is 8.08. The summed E-state index contributed by atoms with van der Waals surface area (Å²) in [6.45, 7) is 8.89. The number of ether oxygens (including phenoxy) is 2. The average Bonchev–Trinajstić information content (AvgIpc) is 3.28. The van der Waals surface area contributed by atoms with Crippen LogP contribution in [0.25, 0.3) is 0 Å². The molecule has 168 valence electrons. The first kappa shape index (κ1) is 23.3.